The zero-order valence-corrected chi connectivity index (χ0v) is 8.36. The highest BCUT2D eigenvalue weighted by atomic mass is 16.5. The number of hydrogen-bond acceptors (Lipinski definition) is 4. The van der Waals surface area contributed by atoms with Crippen LogP contribution >= 0.6 is 0 Å². The summed E-state index contributed by atoms with van der Waals surface area (Å²) in [5.41, 5.74) is 7.14. The third-order valence-electron chi connectivity index (χ3n) is 2.30. The summed E-state index contributed by atoms with van der Waals surface area (Å²) in [4.78, 5) is 1.57. The highest BCUT2D eigenvalue weighted by molar-refractivity contribution is 5.19. The van der Waals surface area contributed by atoms with E-state index < -0.39 is 0 Å². The van der Waals surface area contributed by atoms with Crippen LogP contribution in [0.5, 0.6) is 0 Å². The molecule has 0 atom stereocenters. The van der Waals surface area contributed by atoms with Gasteiger partial charge in [-0.1, -0.05) is 0 Å². The van der Waals surface area contributed by atoms with Crippen LogP contribution in [0, 0.1) is 0 Å². The molecule has 2 heterocycles. The lowest BCUT2D eigenvalue weighted by atomic mass is 10.1. The molecule has 0 spiro atoms. The van der Waals surface area contributed by atoms with Gasteiger partial charge in [-0.2, -0.15) is 0 Å². The van der Waals surface area contributed by atoms with Gasteiger partial charge in [0.1, 0.15) is 18.0 Å². The van der Waals surface area contributed by atoms with Gasteiger partial charge in [0.2, 0.25) is 5.27 Å². The van der Waals surface area contributed by atoms with Gasteiger partial charge in [-0.3, -0.25) is 0 Å². The molecule has 6 heteroatoms. The number of aromatic nitrogens is 2. The first kappa shape index (κ1) is 9.26. The van der Waals surface area contributed by atoms with Crippen molar-refractivity contribution in [2.45, 2.75) is 19.4 Å². The first-order valence-corrected chi connectivity index (χ1v) is 4.55. The second-order valence-corrected chi connectivity index (χ2v) is 3.97. The van der Waals surface area contributed by atoms with Crippen LogP contribution in [0.25, 0.3) is 5.73 Å². The molecule has 1 aliphatic heterocycles. The summed E-state index contributed by atoms with van der Waals surface area (Å²) in [6.07, 6.45) is 1.55. The van der Waals surface area contributed by atoms with Crippen molar-refractivity contribution in [1.82, 2.24) is 5.27 Å². The van der Waals surface area contributed by atoms with Crippen molar-refractivity contribution >= 4 is 5.88 Å². The Morgan fingerprint density at radius 2 is 2.43 bits per heavy atom. The predicted molar refractivity (Wildman–Crippen MR) is 48.7 cm³/mol. The zero-order chi connectivity index (χ0) is 10.2. The normalized spacial score (nSPS) is 21.1. The van der Waals surface area contributed by atoms with E-state index in [-0.39, 0.29) is 11.4 Å². The van der Waals surface area contributed by atoms with Crippen LogP contribution in [-0.4, -0.2) is 30.6 Å². The highest BCUT2D eigenvalue weighted by Crippen LogP contribution is 2.14. The summed E-state index contributed by atoms with van der Waals surface area (Å²) in [5, 5.41) is 5.79. The van der Waals surface area contributed by atoms with Crippen molar-refractivity contribution in [2.24, 2.45) is 0 Å². The topological polar surface area (TPSA) is 66.2 Å². The molecule has 1 aromatic rings. The van der Waals surface area contributed by atoms with E-state index in [0.29, 0.717) is 13.2 Å². The summed E-state index contributed by atoms with van der Waals surface area (Å²) in [5.74, 6) is 0.0623. The lowest BCUT2D eigenvalue weighted by Gasteiger charge is -2.35. The maximum Gasteiger partial charge on any atom is 0.256 e. The van der Waals surface area contributed by atoms with Crippen molar-refractivity contribution in [3.05, 3.63) is 11.9 Å². The Hall–Kier alpha value is -1.30. The van der Waals surface area contributed by atoms with E-state index in [1.807, 2.05) is 5.01 Å². The molecular weight excluding hydrogens is 184 g/mol. The van der Waals surface area contributed by atoms with E-state index in [1.54, 1.807) is 11.0 Å². The Balaban J connectivity index is 2.23. The van der Waals surface area contributed by atoms with Crippen molar-refractivity contribution in [1.29, 1.82) is 0 Å². The molecule has 0 bridgehead atoms. The molecule has 14 heavy (non-hydrogen) atoms. The zero-order valence-electron chi connectivity index (χ0n) is 8.36. The second-order valence-electron chi connectivity index (χ2n) is 3.97. The Bertz CT molecular complexity index is 323. The number of hydrogen-bond donors (Lipinski definition) is 0. The molecule has 78 valence electrons. The molecule has 6 nitrogen and oxygen atoms in total. The van der Waals surface area contributed by atoms with E-state index in [1.165, 1.54) is 0 Å². The number of morpholine rings is 1. The lowest BCUT2D eigenvalue weighted by Crippen LogP contribution is -2.71. The average Bonchev–Trinajstić information content (AvgIpc) is 2.51. The van der Waals surface area contributed by atoms with Crippen LogP contribution in [0.1, 0.15) is 13.8 Å². The Labute approximate surface area is 82.2 Å². The first-order valence-electron chi connectivity index (χ1n) is 4.55. The second kappa shape index (κ2) is 3.13. The molecule has 1 fully saturated rings. The van der Waals surface area contributed by atoms with Gasteiger partial charge in [-0.15, -0.1) is 5.01 Å². The summed E-state index contributed by atoms with van der Waals surface area (Å²) in [6, 6.07) is 0. The fourth-order valence-electron chi connectivity index (χ4n) is 1.58. The van der Waals surface area contributed by atoms with Gasteiger partial charge in [0.05, 0.1) is 18.0 Å². The van der Waals surface area contributed by atoms with Crippen molar-refractivity contribution in [3.8, 4) is 0 Å². The van der Waals surface area contributed by atoms with E-state index in [4.69, 9.17) is 15.0 Å². The molecule has 0 unspecified atom stereocenters. The number of rotatable bonds is 1. The Kier molecular flexibility index (Phi) is 2.07. The number of nitrogens with one attached hydrogen (secondary N) is 1. The number of nitrogens with zero attached hydrogens (tertiary/aromatic N) is 3. The van der Waals surface area contributed by atoms with Gasteiger partial charge in [0.15, 0.2) is 0 Å². The van der Waals surface area contributed by atoms with E-state index >= 15 is 0 Å². The minimum Gasteiger partial charge on any atom is -0.660 e. The Morgan fingerprint density at radius 3 is 3.00 bits per heavy atom. The van der Waals surface area contributed by atoms with Crippen LogP contribution < -0.4 is 9.80 Å². The SMILES string of the molecule is CC1(C)COCCN1[n+]1cc([NH-])on1. The summed E-state index contributed by atoms with van der Waals surface area (Å²) < 4.78 is 10.1. The third kappa shape index (κ3) is 1.52. The minimum absolute atomic E-state index is 0.0623. The van der Waals surface area contributed by atoms with Gasteiger partial charge in [-0.25, -0.2) is 0 Å². The molecule has 1 aliphatic rings. The monoisotopic (exact) mass is 198 g/mol. The summed E-state index contributed by atoms with van der Waals surface area (Å²) in [7, 11) is 0. The summed E-state index contributed by atoms with van der Waals surface area (Å²) >= 11 is 0. The molecule has 0 amide bonds. The molecule has 0 radical (unpaired) electrons. The lowest BCUT2D eigenvalue weighted by molar-refractivity contribution is -0.767. The molecule has 1 aromatic heterocycles. The van der Waals surface area contributed by atoms with Crippen molar-refractivity contribution < 1.29 is 14.1 Å². The molecule has 0 aliphatic carbocycles. The molecular formula is C8H14N4O2. The van der Waals surface area contributed by atoms with Gasteiger partial charge >= 0.3 is 0 Å². The number of ether oxygens (including phenoxy) is 1. The van der Waals surface area contributed by atoms with Crippen LogP contribution in [0.4, 0.5) is 5.88 Å². The molecule has 1 N–H and O–H groups in total. The standard InChI is InChI=1S/C8H14N4O2/c1-8(2)6-13-4-3-11(8)12-5-7(9)14-10-12/h5,9H,3-4,6H2,1-2H3. The van der Waals surface area contributed by atoms with Crippen molar-refractivity contribution in [3.63, 3.8) is 0 Å². The van der Waals surface area contributed by atoms with Gasteiger partial charge in [0.25, 0.3) is 6.20 Å². The van der Waals surface area contributed by atoms with E-state index in [9.17, 15) is 0 Å². The maximum absolute atomic E-state index is 7.26. The smallest absolute Gasteiger partial charge is 0.256 e. The third-order valence-corrected chi connectivity index (χ3v) is 2.30. The molecule has 0 saturated carbocycles. The highest BCUT2D eigenvalue weighted by Gasteiger charge is 2.38. The van der Waals surface area contributed by atoms with Crippen LogP contribution in [0.2, 0.25) is 0 Å². The van der Waals surface area contributed by atoms with Crippen LogP contribution in [0.15, 0.2) is 10.7 Å². The first-order chi connectivity index (χ1) is 6.59. The quantitative estimate of drug-likeness (QED) is 0.612. The maximum atomic E-state index is 7.26. The minimum atomic E-state index is -0.119. The largest absolute Gasteiger partial charge is 0.660 e. The fraction of sp³-hybridized carbons (Fsp3) is 0.750. The summed E-state index contributed by atoms with van der Waals surface area (Å²) in [6.45, 7) is 6.22. The molecule has 0 aromatic carbocycles. The van der Waals surface area contributed by atoms with Crippen LogP contribution in [0.3, 0.4) is 0 Å². The predicted octanol–water partition coefficient (Wildman–Crippen LogP) is 0.393. The van der Waals surface area contributed by atoms with Crippen LogP contribution in [-0.2, 0) is 4.74 Å². The fourth-order valence-corrected chi connectivity index (χ4v) is 1.58. The average molecular weight is 198 g/mol. The molecule has 2 rings (SSSR count). The molecule has 1 saturated heterocycles. The van der Waals surface area contributed by atoms with E-state index in [2.05, 4.69) is 19.1 Å². The van der Waals surface area contributed by atoms with E-state index in [0.717, 1.165) is 6.54 Å². The Morgan fingerprint density at radius 1 is 1.64 bits per heavy atom. The van der Waals surface area contributed by atoms with Gasteiger partial charge < -0.3 is 15.0 Å². The van der Waals surface area contributed by atoms with Crippen molar-refractivity contribution in [2.75, 3.05) is 24.8 Å². The van der Waals surface area contributed by atoms with Gasteiger partial charge in [-0.05, 0) is 13.8 Å². The van der Waals surface area contributed by atoms with Gasteiger partial charge in [0, 0.05) is 0 Å².